The van der Waals surface area contributed by atoms with Crippen molar-refractivity contribution in [1.29, 1.82) is 0 Å². The molecule has 0 amide bonds. The summed E-state index contributed by atoms with van der Waals surface area (Å²) < 4.78 is 30.2. The SMILES string of the molecule is CCOC(=O)C(C)c1ccc(-c2ccc(-c3onc(C)c3CC(=O)O[C@H](C)c3ccccc3F)cc2)cc1. The summed E-state index contributed by atoms with van der Waals surface area (Å²) >= 11 is 0. The molecule has 0 N–H and O–H groups in total. The number of hydrogen-bond acceptors (Lipinski definition) is 6. The lowest BCUT2D eigenvalue weighted by molar-refractivity contribution is -0.148. The van der Waals surface area contributed by atoms with Gasteiger partial charge < -0.3 is 14.0 Å². The summed E-state index contributed by atoms with van der Waals surface area (Å²) in [7, 11) is 0. The zero-order valence-corrected chi connectivity index (χ0v) is 21.9. The molecule has 3 aromatic carbocycles. The maximum Gasteiger partial charge on any atom is 0.313 e. The van der Waals surface area contributed by atoms with Crippen LogP contribution in [0.15, 0.2) is 77.3 Å². The monoisotopic (exact) mass is 515 g/mol. The third kappa shape index (κ3) is 5.99. The Hall–Kier alpha value is -4.26. The minimum absolute atomic E-state index is 0.0503. The Morgan fingerprint density at radius 2 is 1.53 bits per heavy atom. The van der Waals surface area contributed by atoms with E-state index in [0.29, 0.717) is 29.2 Å². The number of benzene rings is 3. The smallest absolute Gasteiger partial charge is 0.313 e. The van der Waals surface area contributed by atoms with Crippen molar-refractivity contribution in [1.82, 2.24) is 5.16 Å². The van der Waals surface area contributed by atoms with Crippen molar-refractivity contribution in [2.24, 2.45) is 0 Å². The van der Waals surface area contributed by atoms with Crippen molar-refractivity contribution in [3.05, 3.63) is 101 Å². The molecule has 0 radical (unpaired) electrons. The number of carbonyl (C=O) groups excluding carboxylic acids is 2. The molecule has 1 heterocycles. The minimum atomic E-state index is -0.724. The highest BCUT2D eigenvalue weighted by Crippen LogP contribution is 2.31. The largest absolute Gasteiger partial charge is 0.466 e. The van der Waals surface area contributed by atoms with Crippen LogP contribution in [-0.4, -0.2) is 23.7 Å². The van der Waals surface area contributed by atoms with Gasteiger partial charge in [0.1, 0.15) is 11.9 Å². The van der Waals surface area contributed by atoms with Gasteiger partial charge in [-0.2, -0.15) is 0 Å². The number of aryl methyl sites for hydroxylation is 1. The van der Waals surface area contributed by atoms with E-state index in [1.807, 2.05) is 55.5 Å². The van der Waals surface area contributed by atoms with Gasteiger partial charge in [0, 0.05) is 16.7 Å². The lowest BCUT2D eigenvalue weighted by Crippen LogP contribution is -2.13. The Labute approximate surface area is 221 Å². The van der Waals surface area contributed by atoms with Gasteiger partial charge >= 0.3 is 11.9 Å². The summed E-state index contributed by atoms with van der Waals surface area (Å²) in [6, 6.07) is 21.7. The van der Waals surface area contributed by atoms with Gasteiger partial charge in [-0.05, 0) is 50.5 Å². The number of esters is 2. The van der Waals surface area contributed by atoms with Gasteiger partial charge in [-0.3, -0.25) is 9.59 Å². The van der Waals surface area contributed by atoms with Gasteiger partial charge in [0.05, 0.1) is 24.6 Å². The quantitative estimate of drug-likeness (QED) is 0.224. The van der Waals surface area contributed by atoms with E-state index in [2.05, 4.69) is 5.16 Å². The summed E-state index contributed by atoms with van der Waals surface area (Å²) in [6.45, 7) is 7.38. The predicted octanol–water partition coefficient (Wildman–Crippen LogP) is 6.97. The van der Waals surface area contributed by atoms with Gasteiger partial charge in [0.15, 0.2) is 5.76 Å². The number of rotatable bonds is 9. The van der Waals surface area contributed by atoms with E-state index in [0.717, 1.165) is 22.3 Å². The molecule has 0 bridgehead atoms. The molecule has 4 aromatic rings. The van der Waals surface area contributed by atoms with Crippen molar-refractivity contribution >= 4 is 11.9 Å². The van der Waals surface area contributed by atoms with Gasteiger partial charge in [0.25, 0.3) is 0 Å². The third-order valence-corrected chi connectivity index (χ3v) is 6.49. The number of aromatic nitrogens is 1. The van der Waals surface area contributed by atoms with Crippen molar-refractivity contribution in [2.45, 2.75) is 46.1 Å². The molecule has 0 saturated carbocycles. The first-order valence-corrected chi connectivity index (χ1v) is 12.5. The average molecular weight is 516 g/mol. The molecular weight excluding hydrogens is 485 g/mol. The Morgan fingerprint density at radius 1 is 0.921 bits per heavy atom. The second-order valence-corrected chi connectivity index (χ2v) is 9.08. The molecule has 0 fully saturated rings. The topological polar surface area (TPSA) is 78.6 Å². The number of ether oxygens (including phenoxy) is 2. The van der Waals surface area contributed by atoms with Crippen LogP contribution in [0, 0.1) is 12.7 Å². The number of nitrogens with zero attached hydrogens (tertiary/aromatic N) is 1. The van der Waals surface area contributed by atoms with E-state index >= 15 is 0 Å². The molecule has 1 aromatic heterocycles. The fraction of sp³-hybridized carbons (Fsp3) is 0.258. The summed E-state index contributed by atoms with van der Waals surface area (Å²) in [5, 5.41) is 4.05. The summed E-state index contributed by atoms with van der Waals surface area (Å²) in [5.41, 5.74) is 5.18. The number of carbonyl (C=O) groups is 2. The molecule has 0 spiro atoms. The van der Waals surface area contributed by atoms with Crippen LogP contribution in [0.5, 0.6) is 0 Å². The molecule has 2 atom stereocenters. The van der Waals surface area contributed by atoms with Crippen LogP contribution in [0.25, 0.3) is 22.5 Å². The first-order valence-electron chi connectivity index (χ1n) is 12.5. The molecule has 0 aliphatic carbocycles. The van der Waals surface area contributed by atoms with Gasteiger partial charge in [0.2, 0.25) is 0 Å². The Balaban J connectivity index is 1.47. The molecule has 0 saturated heterocycles. The lowest BCUT2D eigenvalue weighted by Gasteiger charge is -2.14. The van der Waals surface area contributed by atoms with E-state index in [1.54, 1.807) is 39.0 Å². The maximum atomic E-state index is 14.1. The zero-order valence-electron chi connectivity index (χ0n) is 21.9. The zero-order chi connectivity index (χ0) is 27.2. The highest BCUT2D eigenvalue weighted by molar-refractivity contribution is 5.79. The standard InChI is InChI=1S/C31H30FNO5/c1-5-36-31(35)19(2)22-10-12-23(13-11-22)24-14-16-25(17-15-24)30-27(20(3)33-38-30)18-29(34)37-21(4)26-8-6-7-9-28(26)32/h6-17,19,21H,5,18H2,1-4H3/t19?,21-/m1/s1. The minimum Gasteiger partial charge on any atom is -0.466 e. The molecule has 0 aliphatic heterocycles. The number of halogens is 1. The maximum absolute atomic E-state index is 14.1. The van der Waals surface area contributed by atoms with Crippen LogP contribution in [0.3, 0.4) is 0 Å². The van der Waals surface area contributed by atoms with Crippen molar-refractivity contribution in [3.8, 4) is 22.5 Å². The normalized spacial score (nSPS) is 12.6. The van der Waals surface area contributed by atoms with Crippen LogP contribution < -0.4 is 0 Å². The molecule has 0 aliphatic rings. The Bertz CT molecular complexity index is 1410. The highest BCUT2D eigenvalue weighted by atomic mass is 19.1. The van der Waals surface area contributed by atoms with E-state index in [-0.39, 0.29) is 18.3 Å². The molecule has 6 nitrogen and oxygen atoms in total. The van der Waals surface area contributed by atoms with Crippen LogP contribution in [0.1, 0.15) is 55.2 Å². The van der Waals surface area contributed by atoms with E-state index in [4.69, 9.17) is 14.0 Å². The van der Waals surface area contributed by atoms with Crippen LogP contribution in [-0.2, 0) is 25.5 Å². The fourth-order valence-corrected chi connectivity index (χ4v) is 4.26. The third-order valence-electron chi connectivity index (χ3n) is 6.49. The van der Waals surface area contributed by atoms with Gasteiger partial charge in [-0.15, -0.1) is 0 Å². The fourth-order valence-electron chi connectivity index (χ4n) is 4.26. The van der Waals surface area contributed by atoms with Crippen LogP contribution in [0.4, 0.5) is 4.39 Å². The van der Waals surface area contributed by atoms with Gasteiger partial charge in [-0.1, -0.05) is 71.9 Å². The Morgan fingerprint density at radius 3 is 2.16 bits per heavy atom. The summed E-state index contributed by atoms with van der Waals surface area (Å²) in [4.78, 5) is 24.7. The van der Waals surface area contributed by atoms with Crippen LogP contribution >= 0.6 is 0 Å². The molecule has 196 valence electrons. The summed E-state index contributed by atoms with van der Waals surface area (Å²) in [5.74, 6) is -1.00. The highest BCUT2D eigenvalue weighted by Gasteiger charge is 2.22. The Kier molecular flexibility index (Phi) is 8.36. The van der Waals surface area contributed by atoms with E-state index in [9.17, 15) is 14.0 Å². The first-order chi connectivity index (χ1) is 18.3. The molecule has 38 heavy (non-hydrogen) atoms. The lowest BCUT2D eigenvalue weighted by atomic mass is 9.96. The average Bonchev–Trinajstić information content (AvgIpc) is 3.28. The van der Waals surface area contributed by atoms with Crippen molar-refractivity contribution in [3.63, 3.8) is 0 Å². The van der Waals surface area contributed by atoms with Gasteiger partial charge in [-0.25, -0.2) is 4.39 Å². The first kappa shape index (κ1) is 26.8. The predicted molar refractivity (Wildman–Crippen MR) is 142 cm³/mol. The molecule has 4 rings (SSSR count). The van der Waals surface area contributed by atoms with Crippen LogP contribution in [0.2, 0.25) is 0 Å². The number of hydrogen-bond donors (Lipinski definition) is 0. The van der Waals surface area contributed by atoms with E-state index in [1.165, 1.54) is 6.07 Å². The molecule has 7 heteroatoms. The van der Waals surface area contributed by atoms with Crippen molar-refractivity contribution in [2.75, 3.05) is 6.61 Å². The summed E-state index contributed by atoms with van der Waals surface area (Å²) in [6.07, 6.45) is -0.774. The van der Waals surface area contributed by atoms with Crippen molar-refractivity contribution < 1.29 is 28.0 Å². The second-order valence-electron chi connectivity index (χ2n) is 9.08. The second kappa shape index (κ2) is 11.9. The molecular formula is C31H30FNO5. The van der Waals surface area contributed by atoms with E-state index < -0.39 is 17.9 Å². The molecule has 1 unspecified atom stereocenters.